The highest BCUT2D eigenvalue weighted by molar-refractivity contribution is 5.90. The summed E-state index contributed by atoms with van der Waals surface area (Å²) in [4.78, 5) is 27.6. The Hall–Kier alpha value is -2.17. The van der Waals surface area contributed by atoms with Crippen LogP contribution < -0.4 is 5.32 Å². The molecule has 1 atom stereocenters. The van der Waals surface area contributed by atoms with Crippen molar-refractivity contribution in [3.05, 3.63) is 41.7 Å². The van der Waals surface area contributed by atoms with Gasteiger partial charge in [-0.2, -0.15) is 0 Å². The summed E-state index contributed by atoms with van der Waals surface area (Å²) in [7, 11) is 0. The predicted octanol–water partition coefficient (Wildman–Crippen LogP) is 2.63. The van der Waals surface area contributed by atoms with Gasteiger partial charge >= 0.3 is 5.97 Å². The van der Waals surface area contributed by atoms with Crippen LogP contribution in [-0.4, -0.2) is 29.5 Å². The Morgan fingerprint density at radius 1 is 1.36 bits per heavy atom. The van der Waals surface area contributed by atoms with Gasteiger partial charge in [-0.25, -0.2) is 9.78 Å². The van der Waals surface area contributed by atoms with Crippen LogP contribution in [0.15, 0.2) is 36.0 Å². The summed E-state index contributed by atoms with van der Waals surface area (Å²) in [5, 5.41) is 2.81. The lowest BCUT2D eigenvalue weighted by Gasteiger charge is -2.15. The summed E-state index contributed by atoms with van der Waals surface area (Å²) in [5.74, 6) is -0.862. The highest BCUT2D eigenvalue weighted by atomic mass is 16.5. The van der Waals surface area contributed by atoms with Crippen molar-refractivity contribution in [2.75, 3.05) is 6.54 Å². The maximum absolute atomic E-state index is 11.9. The van der Waals surface area contributed by atoms with Gasteiger partial charge in [0.1, 0.15) is 5.69 Å². The number of pyridine rings is 1. The van der Waals surface area contributed by atoms with Crippen molar-refractivity contribution in [1.82, 2.24) is 10.3 Å². The molecule has 22 heavy (non-hydrogen) atoms. The number of aromatic nitrogens is 1. The quantitative estimate of drug-likeness (QED) is 0.648. The van der Waals surface area contributed by atoms with E-state index >= 15 is 0 Å². The number of hydrogen-bond acceptors (Lipinski definition) is 4. The lowest BCUT2D eigenvalue weighted by Crippen LogP contribution is -2.36. The molecule has 0 aromatic carbocycles. The second kappa shape index (κ2) is 8.32. The standard InChI is InChI=1S/C17H22N2O3/c1-13(22-17(21)15-9-5-6-11-18-15)16(20)19-12-10-14-7-3-2-4-8-14/h5-7,9,11,13H,2-4,8,10,12H2,1H3,(H,19,20)/t13-/m1/s1. The SMILES string of the molecule is C[C@@H](OC(=O)c1ccccn1)C(=O)NCCC1=CCCCC1. The predicted molar refractivity (Wildman–Crippen MR) is 83.3 cm³/mol. The molecule has 2 rings (SSSR count). The van der Waals surface area contributed by atoms with Gasteiger partial charge in [0.25, 0.3) is 5.91 Å². The molecule has 0 aliphatic heterocycles. The first kappa shape index (κ1) is 16.2. The molecule has 0 saturated carbocycles. The number of carbonyl (C=O) groups excluding carboxylic acids is 2. The number of allylic oxidation sites excluding steroid dienone is 1. The second-order valence-corrected chi connectivity index (χ2v) is 5.41. The van der Waals surface area contributed by atoms with Crippen LogP contribution in [0.3, 0.4) is 0 Å². The molecule has 0 fully saturated rings. The number of carbonyl (C=O) groups is 2. The molecular formula is C17H22N2O3. The molecule has 1 heterocycles. The molecule has 118 valence electrons. The minimum Gasteiger partial charge on any atom is -0.448 e. The van der Waals surface area contributed by atoms with Gasteiger partial charge < -0.3 is 10.1 Å². The van der Waals surface area contributed by atoms with E-state index in [2.05, 4.69) is 16.4 Å². The van der Waals surface area contributed by atoms with E-state index in [4.69, 9.17) is 4.74 Å². The normalized spacial score (nSPS) is 15.6. The molecule has 5 nitrogen and oxygen atoms in total. The third-order valence-electron chi connectivity index (χ3n) is 3.66. The number of ether oxygens (including phenoxy) is 1. The molecular weight excluding hydrogens is 280 g/mol. The fraction of sp³-hybridized carbons (Fsp3) is 0.471. The molecule has 1 aromatic rings. The van der Waals surface area contributed by atoms with Crippen LogP contribution in [-0.2, 0) is 9.53 Å². The van der Waals surface area contributed by atoms with E-state index in [1.165, 1.54) is 24.6 Å². The average molecular weight is 302 g/mol. The second-order valence-electron chi connectivity index (χ2n) is 5.41. The number of hydrogen-bond donors (Lipinski definition) is 1. The van der Waals surface area contributed by atoms with Crippen LogP contribution in [0.1, 0.15) is 49.5 Å². The summed E-state index contributed by atoms with van der Waals surface area (Å²) in [5.41, 5.74) is 1.61. The summed E-state index contributed by atoms with van der Waals surface area (Å²) in [6.07, 6.45) is 8.58. The van der Waals surface area contributed by atoms with E-state index in [9.17, 15) is 9.59 Å². The van der Waals surface area contributed by atoms with Gasteiger partial charge in [-0.15, -0.1) is 0 Å². The highest BCUT2D eigenvalue weighted by Gasteiger charge is 2.19. The summed E-state index contributed by atoms with van der Waals surface area (Å²) < 4.78 is 5.11. The van der Waals surface area contributed by atoms with Crippen molar-refractivity contribution in [2.24, 2.45) is 0 Å². The maximum atomic E-state index is 11.9. The Balaban J connectivity index is 1.72. The Bertz CT molecular complexity index is 540. The molecule has 1 aromatic heterocycles. The molecule has 0 radical (unpaired) electrons. The van der Waals surface area contributed by atoms with Crippen LogP contribution in [0.2, 0.25) is 0 Å². The van der Waals surface area contributed by atoms with Crippen LogP contribution >= 0.6 is 0 Å². The number of nitrogens with one attached hydrogen (secondary N) is 1. The fourth-order valence-corrected chi connectivity index (χ4v) is 2.38. The van der Waals surface area contributed by atoms with Gasteiger partial charge in [0.05, 0.1) is 0 Å². The van der Waals surface area contributed by atoms with E-state index in [1.807, 2.05) is 0 Å². The third-order valence-corrected chi connectivity index (χ3v) is 3.66. The minimum absolute atomic E-state index is 0.203. The molecule has 1 N–H and O–H groups in total. The van der Waals surface area contributed by atoms with Crippen molar-refractivity contribution in [3.8, 4) is 0 Å². The number of amides is 1. The zero-order chi connectivity index (χ0) is 15.8. The van der Waals surface area contributed by atoms with E-state index in [1.54, 1.807) is 25.1 Å². The third kappa shape index (κ3) is 4.98. The molecule has 0 unspecified atom stereocenters. The van der Waals surface area contributed by atoms with Crippen molar-refractivity contribution in [1.29, 1.82) is 0 Å². The Morgan fingerprint density at radius 3 is 2.91 bits per heavy atom. The summed E-state index contributed by atoms with van der Waals surface area (Å²) >= 11 is 0. The van der Waals surface area contributed by atoms with Crippen LogP contribution in [0.5, 0.6) is 0 Å². The van der Waals surface area contributed by atoms with Crippen molar-refractivity contribution in [3.63, 3.8) is 0 Å². The average Bonchev–Trinajstić information content (AvgIpc) is 2.56. The van der Waals surface area contributed by atoms with Gasteiger partial charge in [0.15, 0.2) is 6.10 Å². The largest absolute Gasteiger partial charge is 0.448 e. The van der Waals surface area contributed by atoms with Crippen molar-refractivity contribution < 1.29 is 14.3 Å². The number of nitrogens with zero attached hydrogens (tertiary/aromatic N) is 1. The Labute approximate surface area is 130 Å². The minimum atomic E-state index is -0.824. The molecule has 1 aliphatic rings. The zero-order valence-electron chi connectivity index (χ0n) is 12.9. The topological polar surface area (TPSA) is 68.3 Å². The lowest BCUT2D eigenvalue weighted by atomic mass is 9.97. The van der Waals surface area contributed by atoms with Crippen LogP contribution in [0.4, 0.5) is 0 Å². The van der Waals surface area contributed by atoms with Crippen molar-refractivity contribution in [2.45, 2.75) is 45.1 Å². The highest BCUT2D eigenvalue weighted by Crippen LogP contribution is 2.19. The van der Waals surface area contributed by atoms with E-state index in [-0.39, 0.29) is 11.6 Å². The van der Waals surface area contributed by atoms with Gasteiger partial charge in [-0.1, -0.05) is 17.7 Å². The Kier molecular flexibility index (Phi) is 6.13. The van der Waals surface area contributed by atoms with E-state index in [0.717, 1.165) is 19.3 Å². The van der Waals surface area contributed by atoms with Crippen LogP contribution in [0.25, 0.3) is 0 Å². The molecule has 0 spiro atoms. The fourth-order valence-electron chi connectivity index (χ4n) is 2.38. The lowest BCUT2D eigenvalue weighted by molar-refractivity contribution is -0.129. The first-order valence-corrected chi connectivity index (χ1v) is 7.74. The maximum Gasteiger partial charge on any atom is 0.357 e. The Morgan fingerprint density at radius 2 is 2.23 bits per heavy atom. The molecule has 1 aliphatic carbocycles. The molecule has 0 bridgehead atoms. The number of rotatable bonds is 6. The summed E-state index contributed by atoms with van der Waals surface area (Å²) in [6, 6.07) is 4.97. The zero-order valence-corrected chi connectivity index (χ0v) is 12.9. The molecule has 0 saturated heterocycles. The van der Waals surface area contributed by atoms with Gasteiger partial charge in [-0.3, -0.25) is 4.79 Å². The number of esters is 1. The first-order valence-electron chi connectivity index (χ1n) is 7.74. The van der Waals surface area contributed by atoms with Crippen molar-refractivity contribution >= 4 is 11.9 Å². The summed E-state index contributed by atoms with van der Waals surface area (Å²) in [6.45, 7) is 2.15. The molecule has 5 heteroatoms. The molecule has 1 amide bonds. The van der Waals surface area contributed by atoms with Gasteiger partial charge in [0.2, 0.25) is 0 Å². The monoisotopic (exact) mass is 302 g/mol. The van der Waals surface area contributed by atoms with E-state index in [0.29, 0.717) is 6.54 Å². The first-order chi connectivity index (χ1) is 10.7. The van der Waals surface area contributed by atoms with Crippen LogP contribution in [0, 0.1) is 0 Å². The van der Waals surface area contributed by atoms with E-state index < -0.39 is 12.1 Å². The van der Waals surface area contributed by atoms with Gasteiger partial charge in [-0.05, 0) is 51.2 Å². The smallest absolute Gasteiger partial charge is 0.357 e. The van der Waals surface area contributed by atoms with Gasteiger partial charge in [0, 0.05) is 12.7 Å².